The molecule has 1 atom stereocenters. The first-order chi connectivity index (χ1) is 10.6. The van der Waals surface area contributed by atoms with Crippen molar-refractivity contribution >= 4 is 17.3 Å². The van der Waals surface area contributed by atoms with E-state index in [1.807, 2.05) is 29.2 Å². The van der Waals surface area contributed by atoms with Crippen molar-refractivity contribution in [2.24, 2.45) is 0 Å². The Bertz CT molecular complexity index is 743. The summed E-state index contributed by atoms with van der Waals surface area (Å²) in [6, 6.07) is 13.9. The average Bonchev–Trinajstić information content (AvgIpc) is 2.92. The van der Waals surface area contributed by atoms with Crippen LogP contribution in [0, 0.1) is 5.82 Å². The SMILES string of the molecule is CC12CCCN1c1ccccc1C(=O)N2c1ccc(F)cc1. The summed E-state index contributed by atoms with van der Waals surface area (Å²) in [6.45, 7) is 3.02. The summed E-state index contributed by atoms with van der Waals surface area (Å²) in [5, 5.41) is 0. The molecule has 2 aromatic rings. The molecule has 1 fully saturated rings. The lowest BCUT2D eigenvalue weighted by Gasteiger charge is -2.49. The van der Waals surface area contributed by atoms with Gasteiger partial charge in [-0.25, -0.2) is 4.39 Å². The molecule has 0 radical (unpaired) electrons. The second-order valence-corrected chi connectivity index (χ2v) is 6.11. The van der Waals surface area contributed by atoms with Crippen molar-refractivity contribution in [1.82, 2.24) is 0 Å². The summed E-state index contributed by atoms with van der Waals surface area (Å²) >= 11 is 0. The molecule has 1 unspecified atom stereocenters. The van der Waals surface area contributed by atoms with Crippen molar-refractivity contribution in [2.45, 2.75) is 25.4 Å². The smallest absolute Gasteiger partial charge is 0.262 e. The molecule has 22 heavy (non-hydrogen) atoms. The van der Waals surface area contributed by atoms with Gasteiger partial charge < -0.3 is 4.90 Å². The minimum Gasteiger partial charge on any atom is -0.348 e. The van der Waals surface area contributed by atoms with Crippen LogP contribution in [0.3, 0.4) is 0 Å². The van der Waals surface area contributed by atoms with Crippen LogP contribution < -0.4 is 9.80 Å². The Morgan fingerprint density at radius 2 is 1.82 bits per heavy atom. The van der Waals surface area contributed by atoms with Crippen LogP contribution in [0.5, 0.6) is 0 Å². The van der Waals surface area contributed by atoms with Crippen LogP contribution in [-0.4, -0.2) is 18.1 Å². The number of anilines is 2. The fourth-order valence-corrected chi connectivity index (χ4v) is 3.77. The summed E-state index contributed by atoms with van der Waals surface area (Å²) in [7, 11) is 0. The van der Waals surface area contributed by atoms with Crippen molar-refractivity contribution in [2.75, 3.05) is 16.3 Å². The number of rotatable bonds is 1. The number of nitrogens with zero attached hydrogens (tertiary/aromatic N) is 2. The molecule has 0 aromatic heterocycles. The Hall–Kier alpha value is -2.36. The zero-order chi connectivity index (χ0) is 15.3. The minimum atomic E-state index is -0.386. The van der Waals surface area contributed by atoms with E-state index in [1.165, 1.54) is 12.1 Å². The topological polar surface area (TPSA) is 23.6 Å². The van der Waals surface area contributed by atoms with Crippen molar-refractivity contribution in [1.29, 1.82) is 0 Å². The summed E-state index contributed by atoms with van der Waals surface area (Å²) in [4.78, 5) is 17.2. The lowest BCUT2D eigenvalue weighted by molar-refractivity contribution is 0.0950. The van der Waals surface area contributed by atoms with Gasteiger partial charge in [0.15, 0.2) is 0 Å². The van der Waals surface area contributed by atoms with Crippen molar-refractivity contribution in [3.63, 3.8) is 0 Å². The second kappa shape index (κ2) is 4.57. The number of halogens is 1. The van der Waals surface area contributed by atoms with Gasteiger partial charge in [0.25, 0.3) is 5.91 Å². The molecule has 2 aliphatic rings. The molecule has 0 aliphatic carbocycles. The highest BCUT2D eigenvalue weighted by Crippen LogP contribution is 2.45. The van der Waals surface area contributed by atoms with Crippen molar-refractivity contribution in [3.05, 3.63) is 59.9 Å². The Morgan fingerprint density at radius 3 is 2.59 bits per heavy atom. The maximum absolute atomic E-state index is 13.2. The molecule has 112 valence electrons. The Morgan fingerprint density at radius 1 is 1.09 bits per heavy atom. The quantitative estimate of drug-likeness (QED) is 0.799. The predicted molar refractivity (Wildman–Crippen MR) is 84.6 cm³/mol. The molecule has 4 rings (SSSR count). The zero-order valence-corrected chi connectivity index (χ0v) is 12.4. The van der Waals surface area contributed by atoms with Crippen molar-refractivity contribution in [3.8, 4) is 0 Å². The first-order valence-corrected chi connectivity index (χ1v) is 7.58. The van der Waals surface area contributed by atoms with Crippen LogP contribution in [0.2, 0.25) is 0 Å². The normalized spacial score (nSPS) is 23.5. The molecule has 0 saturated carbocycles. The van der Waals surface area contributed by atoms with Crippen LogP contribution in [0.15, 0.2) is 48.5 Å². The molecule has 1 saturated heterocycles. The van der Waals surface area contributed by atoms with Gasteiger partial charge in [0.05, 0.1) is 11.3 Å². The second-order valence-electron chi connectivity index (χ2n) is 6.11. The number of amides is 1. The van der Waals surface area contributed by atoms with Crippen LogP contribution in [0.1, 0.15) is 30.1 Å². The van der Waals surface area contributed by atoms with E-state index in [2.05, 4.69) is 11.8 Å². The molecule has 0 spiro atoms. The van der Waals surface area contributed by atoms with Crippen LogP contribution in [0.4, 0.5) is 15.8 Å². The zero-order valence-electron chi connectivity index (χ0n) is 12.4. The highest BCUT2D eigenvalue weighted by atomic mass is 19.1. The molecule has 4 heteroatoms. The summed E-state index contributed by atoms with van der Waals surface area (Å²) < 4.78 is 13.2. The van der Waals surface area contributed by atoms with E-state index in [9.17, 15) is 9.18 Å². The monoisotopic (exact) mass is 296 g/mol. The van der Waals surface area contributed by atoms with Gasteiger partial charge in [0.1, 0.15) is 11.5 Å². The maximum Gasteiger partial charge on any atom is 0.262 e. The molecule has 0 bridgehead atoms. The van der Waals surface area contributed by atoms with Gasteiger partial charge in [0, 0.05) is 12.2 Å². The highest BCUT2D eigenvalue weighted by molar-refractivity contribution is 6.13. The Labute approximate surface area is 129 Å². The van der Waals surface area contributed by atoms with Gasteiger partial charge in [-0.2, -0.15) is 0 Å². The van der Waals surface area contributed by atoms with E-state index in [1.54, 1.807) is 12.1 Å². The number of carbonyl (C=O) groups is 1. The maximum atomic E-state index is 13.2. The largest absolute Gasteiger partial charge is 0.348 e. The molecule has 0 N–H and O–H groups in total. The summed E-state index contributed by atoms with van der Waals surface area (Å²) in [6.07, 6.45) is 1.94. The number of benzene rings is 2. The predicted octanol–water partition coefficient (Wildman–Crippen LogP) is 3.80. The lowest BCUT2D eigenvalue weighted by atomic mass is 9.97. The van der Waals surface area contributed by atoms with Gasteiger partial charge in [-0.15, -0.1) is 0 Å². The van der Waals surface area contributed by atoms with E-state index in [4.69, 9.17) is 0 Å². The standard InChI is InChI=1S/C18H17FN2O/c1-18-11-4-12-20(18)16-6-3-2-5-15(16)17(22)21(18)14-9-7-13(19)8-10-14/h2-3,5-10H,4,11-12H2,1H3. The first-order valence-electron chi connectivity index (χ1n) is 7.58. The molecule has 2 heterocycles. The first kappa shape index (κ1) is 13.3. The van der Waals surface area contributed by atoms with Gasteiger partial charge in [-0.1, -0.05) is 12.1 Å². The molecule has 3 nitrogen and oxygen atoms in total. The van der Waals surface area contributed by atoms with E-state index in [-0.39, 0.29) is 17.4 Å². The Balaban J connectivity index is 1.91. The lowest BCUT2D eigenvalue weighted by Crippen LogP contribution is -2.61. The van der Waals surface area contributed by atoms with E-state index in [0.29, 0.717) is 5.56 Å². The summed E-state index contributed by atoms with van der Waals surface area (Å²) in [5.74, 6) is -0.301. The minimum absolute atomic E-state index is 0.0112. The molecular weight excluding hydrogens is 279 g/mol. The number of para-hydroxylation sites is 1. The number of fused-ring (bicyclic) bond motifs is 3. The third-order valence-corrected chi connectivity index (χ3v) is 4.81. The third-order valence-electron chi connectivity index (χ3n) is 4.81. The van der Waals surface area contributed by atoms with Gasteiger partial charge >= 0.3 is 0 Å². The van der Waals surface area contributed by atoms with Crippen LogP contribution in [0.25, 0.3) is 0 Å². The fourth-order valence-electron chi connectivity index (χ4n) is 3.77. The highest BCUT2D eigenvalue weighted by Gasteiger charge is 2.49. The molecule has 1 amide bonds. The molecule has 2 aromatic carbocycles. The number of carbonyl (C=O) groups excluding carboxylic acids is 1. The van der Waals surface area contributed by atoms with Gasteiger partial charge in [0.2, 0.25) is 0 Å². The van der Waals surface area contributed by atoms with E-state index in [0.717, 1.165) is 30.8 Å². The fraction of sp³-hybridized carbons (Fsp3) is 0.278. The number of hydrogen-bond acceptors (Lipinski definition) is 2. The summed E-state index contributed by atoms with van der Waals surface area (Å²) in [5.41, 5.74) is 2.08. The van der Waals surface area contributed by atoms with Gasteiger partial charge in [-0.05, 0) is 56.2 Å². The molecule has 2 aliphatic heterocycles. The van der Waals surface area contributed by atoms with Crippen LogP contribution >= 0.6 is 0 Å². The van der Waals surface area contributed by atoms with Crippen molar-refractivity contribution < 1.29 is 9.18 Å². The van der Waals surface area contributed by atoms with E-state index >= 15 is 0 Å². The van der Waals surface area contributed by atoms with Gasteiger partial charge in [-0.3, -0.25) is 9.69 Å². The van der Waals surface area contributed by atoms with E-state index < -0.39 is 0 Å². The molecular formula is C18H17FN2O. The number of hydrogen-bond donors (Lipinski definition) is 0. The third kappa shape index (κ3) is 1.70. The average molecular weight is 296 g/mol. The Kier molecular flexibility index (Phi) is 2.76. The van der Waals surface area contributed by atoms with Crippen LogP contribution in [-0.2, 0) is 0 Å².